The van der Waals surface area contributed by atoms with E-state index in [4.69, 9.17) is 10.8 Å². The fourth-order valence-corrected chi connectivity index (χ4v) is 3.65. The van der Waals surface area contributed by atoms with Crippen LogP contribution in [0.25, 0.3) is 6.08 Å². The number of nitrogens with two attached hydrogens (primary N) is 1. The SMILES string of the molecule is Cc1ncsc1/C=C\C1=C(C(=O)O)N[C@@H]([C@H](N)C(=O)O)SC1. The van der Waals surface area contributed by atoms with Crippen LogP contribution in [0.4, 0.5) is 0 Å². The number of aliphatic carboxylic acids is 2. The Labute approximate surface area is 134 Å². The monoisotopic (exact) mass is 341 g/mol. The Hall–Kier alpha value is -1.84. The minimum Gasteiger partial charge on any atom is -0.480 e. The van der Waals surface area contributed by atoms with Crippen LogP contribution < -0.4 is 11.1 Å². The first-order valence-corrected chi connectivity index (χ1v) is 8.24. The van der Waals surface area contributed by atoms with E-state index < -0.39 is 23.4 Å². The number of nitrogens with one attached hydrogen (secondary N) is 1. The van der Waals surface area contributed by atoms with Crippen molar-refractivity contribution >= 4 is 41.1 Å². The van der Waals surface area contributed by atoms with Gasteiger partial charge in [-0.3, -0.25) is 4.79 Å². The Kier molecular flexibility index (Phi) is 5.22. The van der Waals surface area contributed by atoms with Gasteiger partial charge in [-0.15, -0.1) is 23.1 Å². The van der Waals surface area contributed by atoms with Gasteiger partial charge in [0.15, 0.2) is 0 Å². The van der Waals surface area contributed by atoms with Gasteiger partial charge >= 0.3 is 11.9 Å². The highest BCUT2D eigenvalue weighted by molar-refractivity contribution is 8.00. The lowest BCUT2D eigenvalue weighted by Gasteiger charge is -2.28. The van der Waals surface area contributed by atoms with Crippen molar-refractivity contribution in [3.05, 3.63) is 33.4 Å². The zero-order valence-electron chi connectivity index (χ0n) is 11.6. The maximum Gasteiger partial charge on any atom is 0.352 e. The van der Waals surface area contributed by atoms with Crippen molar-refractivity contribution in [3.8, 4) is 0 Å². The molecule has 0 unspecified atom stereocenters. The van der Waals surface area contributed by atoms with Crippen LogP contribution in [0.5, 0.6) is 0 Å². The average molecular weight is 341 g/mol. The van der Waals surface area contributed by atoms with Crippen LogP contribution in [-0.4, -0.2) is 44.3 Å². The first-order valence-electron chi connectivity index (χ1n) is 6.31. The predicted molar refractivity (Wildman–Crippen MR) is 85.5 cm³/mol. The van der Waals surface area contributed by atoms with Gasteiger partial charge in [-0.25, -0.2) is 9.78 Å². The fourth-order valence-electron chi connectivity index (χ4n) is 1.83. The maximum atomic E-state index is 11.4. The van der Waals surface area contributed by atoms with E-state index in [9.17, 15) is 14.7 Å². The summed E-state index contributed by atoms with van der Waals surface area (Å²) in [6.07, 6.45) is 3.53. The van der Waals surface area contributed by atoms with Crippen molar-refractivity contribution in [3.63, 3.8) is 0 Å². The molecule has 1 aliphatic heterocycles. The lowest BCUT2D eigenvalue weighted by atomic mass is 10.1. The van der Waals surface area contributed by atoms with E-state index >= 15 is 0 Å². The van der Waals surface area contributed by atoms with E-state index in [1.807, 2.05) is 13.0 Å². The number of nitrogens with zero attached hydrogens (tertiary/aromatic N) is 1. The quantitative estimate of drug-likeness (QED) is 0.622. The molecule has 7 nitrogen and oxygen atoms in total. The van der Waals surface area contributed by atoms with Crippen LogP contribution in [0, 0.1) is 6.92 Å². The summed E-state index contributed by atoms with van der Waals surface area (Å²) in [5.41, 5.74) is 8.71. The van der Waals surface area contributed by atoms with Crippen LogP contribution in [-0.2, 0) is 9.59 Å². The van der Waals surface area contributed by atoms with Gasteiger partial charge in [0.2, 0.25) is 0 Å². The van der Waals surface area contributed by atoms with Gasteiger partial charge in [-0.1, -0.05) is 6.08 Å². The molecule has 0 radical (unpaired) electrons. The number of aromatic nitrogens is 1. The lowest BCUT2D eigenvalue weighted by Crippen LogP contribution is -2.50. The summed E-state index contributed by atoms with van der Waals surface area (Å²) < 4.78 is 0. The number of rotatable bonds is 5. The van der Waals surface area contributed by atoms with E-state index in [1.54, 1.807) is 11.6 Å². The maximum absolute atomic E-state index is 11.4. The van der Waals surface area contributed by atoms with Crippen molar-refractivity contribution in [1.29, 1.82) is 0 Å². The number of carboxylic acids is 2. The van der Waals surface area contributed by atoms with Crippen molar-refractivity contribution in [2.75, 3.05) is 5.75 Å². The van der Waals surface area contributed by atoms with Crippen molar-refractivity contribution < 1.29 is 19.8 Å². The molecule has 2 heterocycles. The van der Waals surface area contributed by atoms with Gasteiger partial charge < -0.3 is 21.3 Å². The molecule has 22 heavy (non-hydrogen) atoms. The summed E-state index contributed by atoms with van der Waals surface area (Å²) in [5.74, 6) is -1.94. The molecule has 0 saturated heterocycles. The number of carbonyl (C=O) groups is 2. The minimum atomic E-state index is -1.17. The smallest absolute Gasteiger partial charge is 0.352 e. The van der Waals surface area contributed by atoms with Gasteiger partial charge in [-0.2, -0.15) is 0 Å². The fraction of sp³-hybridized carbons (Fsp3) is 0.308. The number of aryl methyl sites for hydroxylation is 1. The molecular weight excluding hydrogens is 326 g/mol. The average Bonchev–Trinajstić information content (AvgIpc) is 2.89. The summed E-state index contributed by atoms with van der Waals surface area (Å²) in [4.78, 5) is 27.4. The van der Waals surface area contributed by atoms with E-state index in [0.717, 1.165) is 10.6 Å². The molecule has 0 aromatic carbocycles. The molecule has 0 amide bonds. The molecule has 1 aliphatic rings. The van der Waals surface area contributed by atoms with Gasteiger partial charge in [0.25, 0.3) is 0 Å². The van der Waals surface area contributed by atoms with E-state index in [1.165, 1.54) is 23.1 Å². The zero-order valence-corrected chi connectivity index (χ0v) is 13.3. The summed E-state index contributed by atoms with van der Waals surface area (Å²) in [5, 5.41) is 20.2. The van der Waals surface area contributed by atoms with Gasteiger partial charge in [0.1, 0.15) is 11.7 Å². The topological polar surface area (TPSA) is 126 Å². The first kappa shape index (κ1) is 16.5. The molecule has 0 fully saturated rings. The Balaban J connectivity index is 2.23. The Morgan fingerprint density at radius 1 is 1.50 bits per heavy atom. The Morgan fingerprint density at radius 2 is 2.23 bits per heavy atom. The third-order valence-electron chi connectivity index (χ3n) is 3.07. The largest absolute Gasteiger partial charge is 0.480 e. The van der Waals surface area contributed by atoms with Gasteiger partial charge in [0.05, 0.1) is 16.6 Å². The molecule has 0 spiro atoms. The van der Waals surface area contributed by atoms with Gasteiger partial charge in [-0.05, 0) is 18.6 Å². The van der Waals surface area contributed by atoms with Crippen LogP contribution in [0.2, 0.25) is 0 Å². The van der Waals surface area contributed by atoms with Crippen molar-refractivity contribution in [1.82, 2.24) is 10.3 Å². The summed E-state index contributed by atoms with van der Waals surface area (Å²) in [6, 6.07) is -1.17. The second kappa shape index (κ2) is 6.95. The standard InChI is InChI=1S/C13H15N3O4S2/c1-6-8(22-5-15-6)3-2-7-4-21-11(9(14)12(17)18)16-10(7)13(19)20/h2-3,5,9,11,16H,4,14H2,1H3,(H,17,18)(H,19,20)/b3-2-/t9-,11+/m0/s1. The summed E-state index contributed by atoms with van der Waals surface area (Å²) in [6.45, 7) is 1.87. The molecule has 0 aliphatic carbocycles. The highest BCUT2D eigenvalue weighted by Crippen LogP contribution is 2.26. The number of thiazole rings is 1. The molecule has 2 rings (SSSR count). The predicted octanol–water partition coefficient (Wildman–Crippen LogP) is 0.878. The number of carboxylic acid groups (broad SMARTS) is 2. The number of hydrogen-bond acceptors (Lipinski definition) is 7. The first-order chi connectivity index (χ1) is 10.4. The molecule has 1 aromatic heterocycles. The van der Waals surface area contributed by atoms with Crippen molar-refractivity contribution in [2.45, 2.75) is 18.3 Å². The summed E-state index contributed by atoms with van der Waals surface area (Å²) >= 11 is 2.73. The van der Waals surface area contributed by atoms with Crippen LogP contribution in [0.3, 0.4) is 0 Å². The summed E-state index contributed by atoms with van der Waals surface area (Å²) in [7, 11) is 0. The molecule has 0 saturated carbocycles. The second-order valence-corrected chi connectivity index (χ2v) is 6.60. The molecule has 9 heteroatoms. The molecule has 1 aromatic rings. The minimum absolute atomic E-state index is 0.0149. The molecule has 2 atom stereocenters. The normalized spacial score (nSPS) is 20.0. The highest BCUT2D eigenvalue weighted by atomic mass is 32.2. The number of thioether (sulfide) groups is 1. The van der Waals surface area contributed by atoms with E-state index in [2.05, 4.69) is 10.3 Å². The number of hydrogen-bond donors (Lipinski definition) is 4. The highest BCUT2D eigenvalue weighted by Gasteiger charge is 2.31. The Bertz CT molecular complexity index is 653. The molecule has 0 bridgehead atoms. The third-order valence-corrected chi connectivity index (χ3v) is 5.21. The zero-order chi connectivity index (χ0) is 16.3. The third kappa shape index (κ3) is 3.67. The molecule has 118 valence electrons. The lowest BCUT2D eigenvalue weighted by molar-refractivity contribution is -0.139. The number of allylic oxidation sites excluding steroid dienone is 1. The van der Waals surface area contributed by atoms with Crippen molar-refractivity contribution in [2.24, 2.45) is 5.73 Å². The second-order valence-electron chi connectivity index (χ2n) is 4.58. The molecular formula is C13H15N3O4S2. The Morgan fingerprint density at radius 3 is 2.77 bits per heavy atom. The van der Waals surface area contributed by atoms with Crippen LogP contribution >= 0.6 is 23.1 Å². The van der Waals surface area contributed by atoms with E-state index in [-0.39, 0.29) is 5.70 Å². The van der Waals surface area contributed by atoms with Gasteiger partial charge in [0, 0.05) is 10.6 Å². The van der Waals surface area contributed by atoms with Crippen LogP contribution in [0.15, 0.2) is 22.9 Å². The van der Waals surface area contributed by atoms with Crippen LogP contribution in [0.1, 0.15) is 10.6 Å². The van der Waals surface area contributed by atoms with E-state index in [0.29, 0.717) is 11.3 Å². The molecule has 5 N–H and O–H groups in total.